The van der Waals surface area contributed by atoms with Crippen LogP contribution in [0.4, 0.5) is 8.78 Å². The van der Waals surface area contributed by atoms with E-state index in [0.29, 0.717) is 29.2 Å². The Labute approximate surface area is 195 Å². The smallest absolute Gasteiger partial charge is 0.348 e. The van der Waals surface area contributed by atoms with E-state index in [0.717, 1.165) is 4.70 Å². The Hall–Kier alpha value is -2.13. The van der Waals surface area contributed by atoms with Crippen molar-refractivity contribution in [3.8, 4) is 0 Å². The summed E-state index contributed by atoms with van der Waals surface area (Å²) in [5, 5.41) is 3.26. The van der Waals surface area contributed by atoms with Crippen LogP contribution in [0.5, 0.6) is 0 Å². The van der Waals surface area contributed by atoms with E-state index in [1.807, 2.05) is 6.92 Å². The summed E-state index contributed by atoms with van der Waals surface area (Å²) >= 11 is 1.23. The molecule has 0 amide bonds. The van der Waals surface area contributed by atoms with Gasteiger partial charge in [-0.1, -0.05) is 25.6 Å². The van der Waals surface area contributed by atoms with Gasteiger partial charge in [-0.15, -0.1) is 11.3 Å². The van der Waals surface area contributed by atoms with E-state index in [-0.39, 0.29) is 19.4 Å². The Morgan fingerprint density at radius 2 is 2.03 bits per heavy atom. The molecule has 11 heteroatoms. The van der Waals surface area contributed by atoms with E-state index in [2.05, 4.69) is 11.7 Å². The standard InChI is InChI=1S/C22H28F2NO6PS/c1-5-9-29-20(26)15(3)25-32(28,31-14-22(4,23)24)13-16-7-8-18-17(11-16)12-19(33-18)21(27)30-10-6-2/h6-8,11-12,15H,2,5,9-10,13-14H2,1,3-4H3,(H,25,28)/t15-,32?/m0/s1. The number of alkyl halides is 2. The average Bonchev–Trinajstić information content (AvgIpc) is 3.17. The van der Waals surface area contributed by atoms with Crippen molar-refractivity contribution in [2.45, 2.75) is 45.3 Å². The van der Waals surface area contributed by atoms with Crippen LogP contribution in [0.15, 0.2) is 36.9 Å². The Morgan fingerprint density at radius 1 is 1.30 bits per heavy atom. The molecule has 0 fully saturated rings. The van der Waals surface area contributed by atoms with Gasteiger partial charge in [0.2, 0.25) is 0 Å². The number of rotatable bonds is 13. The van der Waals surface area contributed by atoms with Crippen LogP contribution in [0.2, 0.25) is 0 Å². The van der Waals surface area contributed by atoms with Crippen molar-refractivity contribution in [2.24, 2.45) is 0 Å². The van der Waals surface area contributed by atoms with Crippen molar-refractivity contribution >= 4 is 40.9 Å². The van der Waals surface area contributed by atoms with Crippen LogP contribution in [0.3, 0.4) is 0 Å². The van der Waals surface area contributed by atoms with E-state index in [1.165, 1.54) is 24.3 Å². The third kappa shape index (κ3) is 8.62. The van der Waals surface area contributed by atoms with Crippen molar-refractivity contribution in [1.29, 1.82) is 0 Å². The van der Waals surface area contributed by atoms with Crippen LogP contribution in [-0.4, -0.2) is 43.7 Å². The molecule has 0 bridgehead atoms. The molecule has 1 aromatic carbocycles. The van der Waals surface area contributed by atoms with Gasteiger partial charge in [0.1, 0.15) is 24.1 Å². The number of hydrogen-bond acceptors (Lipinski definition) is 7. The summed E-state index contributed by atoms with van der Waals surface area (Å²) in [5.41, 5.74) is 0.524. The number of benzene rings is 1. The zero-order valence-electron chi connectivity index (χ0n) is 18.8. The molecule has 1 aromatic heterocycles. The van der Waals surface area contributed by atoms with E-state index in [1.54, 1.807) is 24.3 Å². The quantitative estimate of drug-likeness (QED) is 0.218. The molecule has 1 heterocycles. The van der Waals surface area contributed by atoms with Crippen LogP contribution in [0, 0.1) is 0 Å². The average molecular weight is 504 g/mol. The minimum absolute atomic E-state index is 0.0887. The predicted octanol–water partition coefficient (Wildman–Crippen LogP) is 5.54. The Kier molecular flexibility index (Phi) is 9.72. The molecule has 0 aliphatic carbocycles. The molecule has 0 saturated heterocycles. The zero-order valence-corrected chi connectivity index (χ0v) is 20.5. The molecule has 0 aliphatic heterocycles. The van der Waals surface area contributed by atoms with Gasteiger partial charge in [0.05, 0.1) is 12.8 Å². The summed E-state index contributed by atoms with van der Waals surface area (Å²) in [6.45, 7) is 6.61. The molecule has 7 nitrogen and oxygen atoms in total. The SMILES string of the molecule is C=CCOC(=O)c1cc2cc(CP(=O)(N[C@@H](C)C(=O)OCCC)OCC(C)(F)F)ccc2s1. The fourth-order valence-electron chi connectivity index (χ4n) is 2.76. The maximum Gasteiger partial charge on any atom is 0.348 e. The number of thiophene rings is 1. The van der Waals surface area contributed by atoms with Crippen molar-refractivity contribution in [3.05, 3.63) is 47.4 Å². The predicted molar refractivity (Wildman–Crippen MR) is 124 cm³/mol. The van der Waals surface area contributed by atoms with Gasteiger partial charge in [-0.3, -0.25) is 9.36 Å². The fourth-order valence-corrected chi connectivity index (χ4v) is 5.76. The Morgan fingerprint density at radius 3 is 2.67 bits per heavy atom. The van der Waals surface area contributed by atoms with Gasteiger partial charge in [-0.25, -0.2) is 18.7 Å². The van der Waals surface area contributed by atoms with Crippen molar-refractivity contribution < 1.29 is 36.9 Å². The highest BCUT2D eigenvalue weighted by atomic mass is 32.1. The van der Waals surface area contributed by atoms with Crippen LogP contribution >= 0.6 is 18.9 Å². The molecule has 1 N–H and O–H groups in total. The second-order valence-electron chi connectivity index (χ2n) is 7.56. The molecule has 182 valence electrons. The molecular formula is C22H28F2NO6PS. The highest BCUT2D eigenvalue weighted by Gasteiger charge is 2.33. The van der Waals surface area contributed by atoms with Gasteiger partial charge >= 0.3 is 11.9 Å². The number of fused-ring (bicyclic) bond motifs is 1. The lowest BCUT2D eigenvalue weighted by molar-refractivity contribution is -0.145. The van der Waals surface area contributed by atoms with Crippen LogP contribution in [-0.2, 0) is 29.5 Å². The Bertz CT molecular complexity index is 1040. The number of nitrogens with one attached hydrogen (secondary N) is 1. The molecular weight excluding hydrogens is 475 g/mol. The highest BCUT2D eigenvalue weighted by molar-refractivity contribution is 7.56. The number of halogens is 2. The highest BCUT2D eigenvalue weighted by Crippen LogP contribution is 2.48. The molecule has 33 heavy (non-hydrogen) atoms. The lowest BCUT2D eigenvalue weighted by atomic mass is 10.2. The number of ether oxygens (including phenoxy) is 2. The number of esters is 2. The molecule has 0 saturated carbocycles. The summed E-state index contributed by atoms with van der Waals surface area (Å²) in [4.78, 5) is 24.6. The van der Waals surface area contributed by atoms with Crippen LogP contribution < -0.4 is 5.09 Å². The first-order valence-corrected chi connectivity index (χ1v) is 13.0. The first-order chi connectivity index (χ1) is 15.5. The number of carbonyl (C=O) groups excluding carboxylic acids is 2. The van der Waals surface area contributed by atoms with Gasteiger partial charge in [-0.05, 0) is 42.5 Å². The minimum atomic E-state index is -3.92. The number of carbonyl (C=O) groups is 2. The van der Waals surface area contributed by atoms with Crippen LogP contribution in [0.1, 0.15) is 42.4 Å². The molecule has 2 rings (SSSR count). The van der Waals surface area contributed by atoms with E-state index in [9.17, 15) is 22.9 Å². The molecule has 2 atom stereocenters. The van der Waals surface area contributed by atoms with Gasteiger partial charge in [0.25, 0.3) is 13.4 Å². The molecule has 1 unspecified atom stereocenters. The van der Waals surface area contributed by atoms with Crippen molar-refractivity contribution in [2.75, 3.05) is 19.8 Å². The summed E-state index contributed by atoms with van der Waals surface area (Å²) in [6, 6.07) is 5.71. The first kappa shape index (κ1) is 27.1. The minimum Gasteiger partial charge on any atom is -0.465 e. The Balaban J connectivity index is 2.24. The second-order valence-corrected chi connectivity index (χ2v) is 10.8. The molecule has 2 aromatic rings. The van der Waals surface area contributed by atoms with Gasteiger partial charge in [-0.2, -0.15) is 0 Å². The van der Waals surface area contributed by atoms with Crippen molar-refractivity contribution in [3.63, 3.8) is 0 Å². The number of hydrogen-bond donors (Lipinski definition) is 1. The first-order valence-electron chi connectivity index (χ1n) is 10.3. The van der Waals surface area contributed by atoms with Gasteiger partial charge in [0.15, 0.2) is 0 Å². The van der Waals surface area contributed by atoms with E-state index in [4.69, 9.17) is 14.0 Å². The molecule has 0 radical (unpaired) electrons. The third-order valence-corrected chi connectivity index (χ3v) is 7.43. The topological polar surface area (TPSA) is 90.9 Å². The lowest BCUT2D eigenvalue weighted by Crippen LogP contribution is -2.35. The second kappa shape index (κ2) is 11.8. The monoisotopic (exact) mass is 503 g/mol. The summed E-state index contributed by atoms with van der Waals surface area (Å²) in [5.74, 6) is -4.35. The van der Waals surface area contributed by atoms with Gasteiger partial charge in [0, 0.05) is 11.6 Å². The van der Waals surface area contributed by atoms with Crippen LogP contribution in [0.25, 0.3) is 10.1 Å². The fraction of sp³-hybridized carbons (Fsp3) is 0.455. The normalized spacial score (nSPS) is 14.5. The van der Waals surface area contributed by atoms with Gasteiger partial charge < -0.3 is 14.0 Å². The lowest BCUT2D eigenvalue weighted by Gasteiger charge is -2.24. The maximum atomic E-state index is 13.4. The molecule has 0 aliphatic rings. The summed E-state index contributed by atoms with van der Waals surface area (Å²) < 4.78 is 56.3. The van der Waals surface area contributed by atoms with Crippen molar-refractivity contribution in [1.82, 2.24) is 5.09 Å². The summed E-state index contributed by atoms with van der Waals surface area (Å²) in [6.07, 6.45) is 1.84. The summed E-state index contributed by atoms with van der Waals surface area (Å²) in [7, 11) is -3.92. The van der Waals surface area contributed by atoms with E-state index >= 15 is 0 Å². The molecule has 0 spiro atoms. The third-order valence-electron chi connectivity index (χ3n) is 4.22. The van der Waals surface area contributed by atoms with E-state index < -0.39 is 38.0 Å². The maximum absolute atomic E-state index is 13.4. The largest absolute Gasteiger partial charge is 0.465 e. The zero-order chi connectivity index (χ0) is 24.6.